The average Bonchev–Trinajstić information content (AvgIpc) is 2.28. The minimum Gasteiger partial charge on any atom is -0.477 e. The summed E-state index contributed by atoms with van der Waals surface area (Å²) >= 11 is 0. The van der Waals surface area contributed by atoms with Gasteiger partial charge in [-0.3, -0.25) is 0 Å². The number of aromatic carboxylic acids is 1. The number of hydrogen-bond donors (Lipinski definition) is 2. The van der Waals surface area contributed by atoms with Crippen LogP contribution in [0.15, 0.2) is 18.2 Å². The topological polar surface area (TPSA) is 62.2 Å². The molecule has 1 heterocycles. The second-order valence-corrected chi connectivity index (χ2v) is 4.53. The van der Waals surface area contributed by atoms with Crippen LogP contribution in [0, 0.1) is 5.92 Å². The van der Waals surface area contributed by atoms with E-state index in [9.17, 15) is 4.79 Å². The van der Waals surface area contributed by atoms with Gasteiger partial charge in [-0.05, 0) is 37.4 Å². The van der Waals surface area contributed by atoms with E-state index in [4.69, 9.17) is 5.11 Å². The summed E-state index contributed by atoms with van der Waals surface area (Å²) in [6, 6.07) is 5.06. The number of hydrogen-bond acceptors (Lipinski definition) is 3. The van der Waals surface area contributed by atoms with E-state index >= 15 is 0 Å². The highest BCUT2D eigenvalue weighted by Gasteiger charge is 2.04. The maximum atomic E-state index is 10.7. The first kappa shape index (κ1) is 13.6. The van der Waals surface area contributed by atoms with Gasteiger partial charge in [-0.15, -0.1) is 0 Å². The van der Waals surface area contributed by atoms with E-state index in [0.717, 1.165) is 24.6 Å². The van der Waals surface area contributed by atoms with Crippen molar-refractivity contribution in [1.29, 1.82) is 0 Å². The molecule has 0 bridgehead atoms. The van der Waals surface area contributed by atoms with Crippen molar-refractivity contribution in [3.05, 3.63) is 29.6 Å². The molecule has 1 aromatic heterocycles. The molecule has 0 saturated carbocycles. The Bertz CT molecular complexity index is 364. The fourth-order valence-corrected chi connectivity index (χ4v) is 1.55. The summed E-state index contributed by atoms with van der Waals surface area (Å²) in [6.45, 7) is 5.98. The van der Waals surface area contributed by atoms with Gasteiger partial charge in [-0.1, -0.05) is 19.9 Å². The number of rotatable bonds is 7. The Balaban J connectivity index is 2.31. The number of aromatic nitrogens is 1. The zero-order chi connectivity index (χ0) is 12.7. The Morgan fingerprint density at radius 2 is 2.24 bits per heavy atom. The molecule has 1 aromatic rings. The minimum absolute atomic E-state index is 0.103. The van der Waals surface area contributed by atoms with E-state index in [-0.39, 0.29) is 5.69 Å². The van der Waals surface area contributed by atoms with Crippen LogP contribution >= 0.6 is 0 Å². The van der Waals surface area contributed by atoms with Gasteiger partial charge in [0.1, 0.15) is 5.69 Å². The highest BCUT2D eigenvalue weighted by atomic mass is 16.4. The summed E-state index contributed by atoms with van der Waals surface area (Å²) in [5, 5.41) is 12.1. The predicted octanol–water partition coefficient (Wildman–Crippen LogP) is 2.31. The maximum absolute atomic E-state index is 10.7. The summed E-state index contributed by atoms with van der Waals surface area (Å²) in [6.07, 6.45) is 2.34. The van der Waals surface area contributed by atoms with Crippen LogP contribution in [0.25, 0.3) is 0 Å². The standard InChI is InChI=1S/C13H20N2O2/c1-10(2)5-4-8-14-9-11-6-3-7-12(15-11)13(16)17/h3,6-7,10,14H,4-5,8-9H2,1-2H3,(H,16,17). The monoisotopic (exact) mass is 236 g/mol. The Morgan fingerprint density at radius 1 is 1.47 bits per heavy atom. The van der Waals surface area contributed by atoms with Crippen molar-refractivity contribution in [2.24, 2.45) is 5.92 Å². The summed E-state index contributed by atoms with van der Waals surface area (Å²) in [4.78, 5) is 14.8. The average molecular weight is 236 g/mol. The first-order valence-corrected chi connectivity index (χ1v) is 5.99. The number of nitrogens with zero attached hydrogens (tertiary/aromatic N) is 1. The second kappa shape index (κ2) is 7.01. The van der Waals surface area contributed by atoms with E-state index < -0.39 is 5.97 Å². The molecule has 4 nitrogen and oxygen atoms in total. The van der Waals surface area contributed by atoms with Gasteiger partial charge in [0.25, 0.3) is 0 Å². The van der Waals surface area contributed by atoms with Gasteiger partial charge in [0.05, 0.1) is 5.69 Å². The molecule has 0 unspecified atom stereocenters. The van der Waals surface area contributed by atoms with Gasteiger partial charge in [-0.2, -0.15) is 0 Å². The van der Waals surface area contributed by atoms with Gasteiger partial charge < -0.3 is 10.4 Å². The number of carbonyl (C=O) groups is 1. The summed E-state index contributed by atoms with van der Waals surface area (Å²) < 4.78 is 0. The molecule has 0 fully saturated rings. The van der Waals surface area contributed by atoms with Crippen LogP contribution in [0.1, 0.15) is 42.9 Å². The summed E-state index contributed by atoms with van der Waals surface area (Å²) in [5.41, 5.74) is 0.876. The smallest absolute Gasteiger partial charge is 0.354 e. The number of carboxylic acid groups (broad SMARTS) is 1. The molecule has 0 spiro atoms. The maximum Gasteiger partial charge on any atom is 0.354 e. The van der Waals surface area contributed by atoms with Crippen LogP contribution in [-0.4, -0.2) is 22.6 Å². The number of carboxylic acids is 1. The Morgan fingerprint density at radius 3 is 2.88 bits per heavy atom. The lowest BCUT2D eigenvalue weighted by Gasteiger charge is -2.06. The van der Waals surface area contributed by atoms with E-state index in [1.54, 1.807) is 6.07 Å². The van der Waals surface area contributed by atoms with Crippen molar-refractivity contribution in [2.45, 2.75) is 33.2 Å². The lowest BCUT2D eigenvalue weighted by Crippen LogP contribution is -2.16. The van der Waals surface area contributed by atoms with Crippen LogP contribution < -0.4 is 5.32 Å². The third kappa shape index (κ3) is 5.45. The SMILES string of the molecule is CC(C)CCCNCc1cccc(C(=O)O)n1. The molecule has 94 valence electrons. The lowest BCUT2D eigenvalue weighted by molar-refractivity contribution is 0.0690. The highest BCUT2D eigenvalue weighted by Crippen LogP contribution is 2.03. The molecular weight excluding hydrogens is 216 g/mol. The fourth-order valence-electron chi connectivity index (χ4n) is 1.55. The molecular formula is C13H20N2O2. The molecule has 17 heavy (non-hydrogen) atoms. The van der Waals surface area contributed by atoms with Crippen molar-refractivity contribution >= 4 is 5.97 Å². The molecule has 0 amide bonds. The normalized spacial score (nSPS) is 10.8. The number of pyridine rings is 1. The summed E-state index contributed by atoms with van der Waals surface area (Å²) in [5.74, 6) is -0.253. The van der Waals surface area contributed by atoms with Gasteiger partial charge in [0, 0.05) is 6.54 Å². The molecule has 0 saturated heterocycles. The zero-order valence-electron chi connectivity index (χ0n) is 10.4. The first-order chi connectivity index (χ1) is 8.09. The van der Waals surface area contributed by atoms with E-state index in [0.29, 0.717) is 6.54 Å². The molecule has 0 radical (unpaired) electrons. The van der Waals surface area contributed by atoms with Crippen LogP contribution in [0.5, 0.6) is 0 Å². The molecule has 1 rings (SSSR count). The largest absolute Gasteiger partial charge is 0.477 e. The molecule has 4 heteroatoms. The van der Waals surface area contributed by atoms with Crippen molar-refractivity contribution in [3.8, 4) is 0 Å². The first-order valence-electron chi connectivity index (χ1n) is 5.99. The van der Waals surface area contributed by atoms with Gasteiger partial charge in [-0.25, -0.2) is 9.78 Å². The van der Waals surface area contributed by atoms with Crippen molar-refractivity contribution in [1.82, 2.24) is 10.3 Å². The second-order valence-electron chi connectivity index (χ2n) is 4.53. The molecule has 0 aliphatic rings. The Labute approximate surface area is 102 Å². The van der Waals surface area contributed by atoms with Crippen molar-refractivity contribution < 1.29 is 9.90 Å². The van der Waals surface area contributed by atoms with Gasteiger partial charge in [0.15, 0.2) is 0 Å². The van der Waals surface area contributed by atoms with Gasteiger partial charge in [0.2, 0.25) is 0 Å². The van der Waals surface area contributed by atoms with Crippen LogP contribution in [-0.2, 0) is 6.54 Å². The fraction of sp³-hybridized carbons (Fsp3) is 0.538. The van der Waals surface area contributed by atoms with Crippen LogP contribution in [0.2, 0.25) is 0 Å². The zero-order valence-corrected chi connectivity index (χ0v) is 10.4. The van der Waals surface area contributed by atoms with Crippen LogP contribution in [0.4, 0.5) is 0 Å². The Kier molecular flexibility index (Phi) is 5.63. The molecule has 0 atom stereocenters. The van der Waals surface area contributed by atoms with E-state index in [1.165, 1.54) is 12.5 Å². The Hall–Kier alpha value is -1.42. The van der Waals surface area contributed by atoms with Gasteiger partial charge >= 0.3 is 5.97 Å². The molecule has 0 aromatic carbocycles. The predicted molar refractivity (Wildman–Crippen MR) is 67.0 cm³/mol. The molecule has 0 aliphatic carbocycles. The van der Waals surface area contributed by atoms with E-state index in [2.05, 4.69) is 24.1 Å². The highest BCUT2D eigenvalue weighted by molar-refractivity contribution is 5.85. The minimum atomic E-state index is -0.980. The third-order valence-corrected chi connectivity index (χ3v) is 2.47. The molecule has 0 aliphatic heterocycles. The van der Waals surface area contributed by atoms with Crippen molar-refractivity contribution in [3.63, 3.8) is 0 Å². The van der Waals surface area contributed by atoms with E-state index in [1.807, 2.05) is 6.07 Å². The van der Waals surface area contributed by atoms with Crippen molar-refractivity contribution in [2.75, 3.05) is 6.54 Å². The third-order valence-electron chi connectivity index (χ3n) is 2.47. The lowest BCUT2D eigenvalue weighted by atomic mass is 10.1. The summed E-state index contributed by atoms with van der Waals surface area (Å²) in [7, 11) is 0. The quantitative estimate of drug-likeness (QED) is 0.713. The molecule has 2 N–H and O–H groups in total. The number of nitrogens with one attached hydrogen (secondary N) is 1. The van der Waals surface area contributed by atoms with Crippen LogP contribution in [0.3, 0.4) is 0 Å².